The Balaban J connectivity index is 2.15. The molecule has 0 spiro atoms. The zero-order valence-corrected chi connectivity index (χ0v) is 17.8. The summed E-state index contributed by atoms with van der Waals surface area (Å²) in [7, 11) is 0. The number of halogens is 3. The van der Waals surface area contributed by atoms with Gasteiger partial charge >= 0.3 is 0 Å². The van der Waals surface area contributed by atoms with Gasteiger partial charge in [-0.3, -0.25) is 0 Å². The van der Waals surface area contributed by atoms with E-state index in [-0.39, 0.29) is 0 Å². The highest BCUT2D eigenvalue weighted by molar-refractivity contribution is 9.10. The van der Waals surface area contributed by atoms with Gasteiger partial charge in [-0.1, -0.05) is 29.3 Å². The lowest BCUT2D eigenvalue weighted by Gasteiger charge is -2.16. The van der Waals surface area contributed by atoms with Gasteiger partial charge in [0.15, 0.2) is 11.5 Å². The van der Waals surface area contributed by atoms with Crippen molar-refractivity contribution in [2.45, 2.75) is 33.1 Å². The molecule has 0 amide bonds. The van der Waals surface area contributed by atoms with Crippen molar-refractivity contribution in [3.63, 3.8) is 0 Å². The van der Waals surface area contributed by atoms with Crippen molar-refractivity contribution in [2.24, 2.45) is 0 Å². The first-order chi connectivity index (χ1) is 12.4. The third kappa shape index (κ3) is 6.32. The predicted octanol–water partition coefficient (Wildman–Crippen LogP) is 5.20. The molecule has 26 heavy (non-hydrogen) atoms. The Hall–Kier alpha value is -0.980. The van der Waals surface area contributed by atoms with Crippen LogP contribution in [0.1, 0.15) is 25.0 Å². The van der Waals surface area contributed by atoms with Crippen molar-refractivity contribution in [1.82, 2.24) is 5.32 Å². The van der Waals surface area contributed by atoms with Crippen molar-refractivity contribution in [1.29, 1.82) is 0 Å². The maximum Gasteiger partial charge on any atom is 0.175 e. The van der Waals surface area contributed by atoms with Crippen molar-refractivity contribution in [3.05, 3.63) is 56.0 Å². The van der Waals surface area contributed by atoms with Crippen LogP contribution >= 0.6 is 39.1 Å². The molecule has 0 aromatic heterocycles. The average Bonchev–Trinajstić information content (AvgIpc) is 2.55. The lowest BCUT2D eigenvalue weighted by Crippen LogP contribution is -2.23. The smallest absolute Gasteiger partial charge is 0.175 e. The van der Waals surface area contributed by atoms with Gasteiger partial charge in [0.2, 0.25) is 0 Å². The van der Waals surface area contributed by atoms with Crippen LogP contribution in [0.15, 0.2) is 34.8 Å². The molecule has 0 saturated heterocycles. The Bertz CT molecular complexity index is 741. The van der Waals surface area contributed by atoms with E-state index in [1.807, 2.05) is 25.1 Å². The molecule has 0 unspecified atom stereocenters. The van der Waals surface area contributed by atoms with Gasteiger partial charge in [0.1, 0.15) is 6.61 Å². The molecule has 2 rings (SSSR count). The Labute approximate surface area is 172 Å². The lowest BCUT2D eigenvalue weighted by atomic mass is 10.2. The van der Waals surface area contributed by atoms with Crippen LogP contribution in [0.3, 0.4) is 0 Å². The topological polar surface area (TPSA) is 50.7 Å². The summed E-state index contributed by atoms with van der Waals surface area (Å²) in [5, 5.41) is 13.7. The number of hydrogen-bond acceptors (Lipinski definition) is 4. The van der Waals surface area contributed by atoms with E-state index in [2.05, 4.69) is 21.2 Å². The average molecular weight is 463 g/mol. The number of benzene rings is 2. The van der Waals surface area contributed by atoms with Gasteiger partial charge in [-0.05, 0) is 59.6 Å². The van der Waals surface area contributed by atoms with E-state index in [9.17, 15) is 5.11 Å². The molecule has 0 aliphatic rings. The van der Waals surface area contributed by atoms with Crippen LogP contribution in [-0.4, -0.2) is 24.4 Å². The van der Waals surface area contributed by atoms with E-state index < -0.39 is 6.10 Å². The van der Waals surface area contributed by atoms with Crippen LogP contribution in [0.5, 0.6) is 11.5 Å². The first-order valence-corrected chi connectivity index (χ1v) is 9.86. The summed E-state index contributed by atoms with van der Waals surface area (Å²) in [4.78, 5) is 0. The first kappa shape index (κ1) is 21.3. The van der Waals surface area contributed by atoms with Gasteiger partial charge in [0, 0.05) is 28.7 Å². The number of aliphatic hydroxyl groups is 1. The molecule has 0 aliphatic carbocycles. The Kier molecular flexibility index (Phi) is 8.51. The monoisotopic (exact) mass is 461 g/mol. The van der Waals surface area contributed by atoms with E-state index in [1.54, 1.807) is 19.1 Å². The van der Waals surface area contributed by atoms with Crippen LogP contribution < -0.4 is 14.8 Å². The Morgan fingerprint density at radius 3 is 2.62 bits per heavy atom. The van der Waals surface area contributed by atoms with Gasteiger partial charge in [0.25, 0.3) is 0 Å². The highest BCUT2D eigenvalue weighted by atomic mass is 79.9. The minimum atomic E-state index is -0.392. The molecule has 0 radical (unpaired) electrons. The molecule has 142 valence electrons. The second kappa shape index (κ2) is 10.4. The summed E-state index contributed by atoms with van der Waals surface area (Å²) in [5.41, 5.74) is 1.87. The Morgan fingerprint density at radius 2 is 1.96 bits per heavy atom. The molecule has 1 atom stereocenters. The second-order valence-electron chi connectivity index (χ2n) is 5.84. The molecule has 0 fully saturated rings. The fraction of sp³-hybridized carbons (Fsp3) is 0.368. The molecule has 2 N–H and O–H groups in total. The number of hydrogen-bond donors (Lipinski definition) is 2. The highest BCUT2D eigenvalue weighted by Crippen LogP contribution is 2.38. The number of ether oxygens (including phenoxy) is 2. The zero-order chi connectivity index (χ0) is 19.1. The molecule has 0 bridgehead atoms. The summed E-state index contributed by atoms with van der Waals surface area (Å²) in [5.74, 6) is 1.28. The summed E-state index contributed by atoms with van der Waals surface area (Å²) in [6.07, 6.45) is -0.392. The number of nitrogens with one attached hydrogen (secondary N) is 1. The highest BCUT2D eigenvalue weighted by Gasteiger charge is 2.13. The molecule has 2 aromatic rings. The van der Waals surface area contributed by atoms with E-state index in [4.69, 9.17) is 32.7 Å². The fourth-order valence-corrected chi connectivity index (χ4v) is 3.41. The van der Waals surface area contributed by atoms with Crippen LogP contribution in [-0.2, 0) is 13.2 Å². The number of aliphatic hydroxyl groups excluding tert-OH is 1. The van der Waals surface area contributed by atoms with Crippen LogP contribution in [0.4, 0.5) is 0 Å². The SMILES string of the molecule is CCOc1cc(CNC[C@@H](C)O)cc(Br)c1OCc1ccc(Cl)cc1Cl. The summed E-state index contributed by atoms with van der Waals surface area (Å²) >= 11 is 15.7. The summed E-state index contributed by atoms with van der Waals surface area (Å²) in [6, 6.07) is 9.21. The standard InChI is InChI=1S/C19H22BrCl2NO3/c1-3-25-18-7-13(10-23-9-12(2)24)6-16(20)19(18)26-11-14-4-5-15(21)8-17(14)22/h4-8,12,23-24H,3,9-11H2,1-2H3/t12-/m1/s1. The van der Waals surface area contributed by atoms with Gasteiger partial charge < -0.3 is 19.9 Å². The molecule has 0 aliphatic heterocycles. The van der Waals surface area contributed by atoms with E-state index >= 15 is 0 Å². The third-order valence-electron chi connectivity index (χ3n) is 3.53. The van der Waals surface area contributed by atoms with Gasteiger partial charge in [-0.25, -0.2) is 0 Å². The van der Waals surface area contributed by atoms with Gasteiger partial charge in [-0.2, -0.15) is 0 Å². The normalized spacial score (nSPS) is 12.1. The van der Waals surface area contributed by atoms with Crippen molar-refractivity contribution in [2.75, 3.05) is 13.2 Å². The van der Waals surface area contributed by atoms with Gasteiger partial charge in [0.05, 0.1) is 17.2 Å². The molecule has 2 aromatic carbocycles. The maximum absolute atomic E-state index is 9.35. The zero-order valence-electron chi connectivity index (χ0n) is 14.7. The van der Waals surface area contributed by atoms with E-state index in [0.717, 1.165) is 15.6 Å². The molecular formula is C19H22BrCl2NO3. The van der Waals surface area contributed by atoms with Crippen molar-refractivity contribution >= 4 is 39.1 Å². The Morgan fingerprint density at radius 1 is 1.19 bits per heavy atom. The van der Waals surface area contributed by atoms with Crippen LogP contribution in [0, 0.1) is 0 Å². The third-order valence-corrected chi connectivity index (χ3v) is 4.70. The fourth-order valence-electron chi connectivity index (χ4n) is 2.34. The second-order valence-corrected chi connectivity index (χ2v) is 7.54. The van der Waals surface area contributed by atoms with E-state index in [0.29, 0.717) is 47.8 Å². The minimum absolute atomic E-state index is 0.300. The molecular weight excluding hydrogens is 441 g/mol. The van der Waals surface area contributed by atoms with Crippen LogP contribution in [0.2, 0.25) is 10.0 Å². The van der Waals surface area contributed by atoms with Gasteiger partial charge in [-0.15, -0.1) is 0 Å². The van der Waals surface area contributed by atoms with Crippen molar-refractivity contribution < 1.29 is 14.6 Å². The predicted molar refractivity (Wildman–Crippen MR) is 109 cm³/mol. The molecule has 4 nitrogen and oxygen atoms in total. The first-order valence-electron chi connectivity index (χ1n) is 8.31. The van der Waals surface area contributed by atoms with E-state index in [1.165, 1.54) is 0 Å². The lowest BCUT2D eigenvalue weighted by molar-refractivity contribution is 0.191. The van der Waals surface area contributed by atoms with Crippen LogP contribution in [0.25, 0.3) is 0 Å². The molecule has 0 saturated carbocycles. The summed E-state index contributed by atoms with van der Waals surface area (Å²) in [6.45, 7) is 5.63. The quantitative estimate of drug-likeness (QED) is 0.537. The molecule has 7 heteroatoms. The van der Waals surface area contributed by atoms with Crippen molar-refractivity contribution in [3.8, 4) is 11.5 Å². The summed E-state index contributed by atoms with van der Waals surface area (Å²) < 4.78 is 12.5. The molecule has 0 heterocycles. The number of rotatable bonds is 9. The largest absolute Gasteiger partial charge is 0.490 e. The maximum atomic E-state index is 9.35. The minimum Gasteiger partial charge on any atom is -0.490 e.